The molecule has 0 aromatic heterocycles. The molecule has 148 valence electrons. The van der Waals surface area contributed by atoms with Gasteiger partial charge < -0.3 is 10.4 Å². The Morgan fingerprint density at radius 2 is 2.00 bits per heavy atom. The maximum atomic E-state index is 13.3. The van der Waals surface area contributed by atoms with E-state index in [9.17, 15) is 9.90 Å². The van der Waals surface area contributed by atoms with Gasteiger partial charge in [0, 0.05) is 13.1 Å². The number of amides is 1. The number of rotatable bonds is 4. The third kappa shape index (κ3) is 3.93. The molecule has 0 fully saturated rings. The van der Waals surface area contributed by atoms with Crippen molar-refractivity contribution in [3.8, 4) is 5.75 Å². The van der Waals surface area contributed by atoms with Crippen LogP contribution in [0.25, 0.3) is 0 Å². The fourth-order valence-corrected chi connectivity index (χ4v) is 4.72. The zero-order valence-corrected chi connectivity index (χ0v) is 16.8. The number of aryl methyl sites for hydroxylation is 1. The van der Waals surface area contributed by atoms with E-state index < -0.39 is 0 Å². The van der Waals surface area contributed by atoms with Gasteiger partial charge in [0.25, 0.3) is 0 Å². The van der Waals surface area contributed by atoms with Gasteiger partial charge in [0.2, 0.25) is 5.91 Å². The number of aromatic hydroxyl groups is 1. The van der Waals surface area contributed by atoms with Gasteiger partial charge in [0.1, 0.15) is 5.75 Å². The Kier molecular flexibility index (Phi) is 5.40. The van der Waals surface area contributed by atoms with Crippen molar-refractivity contribution in [2.24, 2.45) is 5.92 Å². The lowest BCUT2D eigenvalue weighted by Gasteiger charge is -2.38. The number of phenols is 1. The molecule has 2 aromatic carbocycles. The zero-order chi connectivity index (χ0) is 19.7. The van der Waals surface area contributed by atoms with E-state index in [1.54, 1.807) is 6.07 Å². The second-order valence-electron chi connectivity index (χ2n) is 8.65. The Bertz CT molecular complexity index is 861. The van der Waals surface area contributed by atoms with E-state index in [1.165, 1.54) is 16.7 Å². The molecular formula is C24H30N2O2. The number of phenolic OH excluding ortho intramolecular Hbond substituents is 1. The van der Waals surface area contributed by atoms with Crippen LogP contribution in [0.4, 0.5) is 0 Å². The van der Waals surface area contributed by atoms with E-state index in [-0.39, 0.29) is 18.0 Å². The molecule has 0 unspecified atom stereocenters. The van der Waals surface area contributed by atoms with Crippen LogP contribution in [-0.4, -0.2) is 28.5 Å². The largest absolute Gasteiger partial charge is 0.508 e. The number of benzene rings is 2. The van der Waals surface area contributed by atoms with Gasteiger partial charge in [-0.1, -0.05) is 44.2 Å². The summed E-state index contributed by atoms with van der Waals surface area (Å²) in [5, 5.41) is 13.2. The van der Waals surface area contributed by atoms with Crippen molar-refractivity contribution in [1.29, 1.82) is 0 Å². The molecule has 2 atom stereocenters. The third-order valence-corrected chi connectivity index (χ3v) is 6.01. The number of nitrogens with zero attached hydrogens (tertiary/aromatic N) is 1. The molecule has 0 radical (unpaired) electrons. The number of hydrogen-bond donors (Lipinski definition) is 2. The SMILES string of the molecule is CC(C)CN1Cc2cc(O)ccc2C[C@H]1C(=O)N[C@@H]1CCCc2ccccc21. The van der Waals surface area contributed by atoms with Gasteiger partial charge >= 0.3 is 0 Å². The Labute approximate surface area is 167 Å². The van der Waals surface area contributed by atoms with Crippen molar-refractivity contribution in [3.05, 3.63) is 64.7 Å². The molecule has 4 nitrogen and oxygen atoms in total. The molecule has 4 rings (SSSR count). The fourth-order valence-electron chi connectivity index (χ4n) is 4.72. The molecule has 2 aromatic rings. The Hall–Kier alpha value is -2.33. The molecule has 2 aliphatic rings. The van der Waals surface area contributed by atoms with Gasteiger partial charge in [-0.15, -0.1) is 0 Å². The minimum atomic E-state index is -0.159. The number of nitrogens with one attached hydrogen (secondary N) is 1. The van der Waals surface area contributed by atoms with Crippen molar-refractivity contribution in [1.82, 2.24) is 10.2 Å². The van der Waals surface area contributed by atoms with Crippen LogP contribution in [0.5, 0.6) is 5.75 Å². The molecular weight excluding hydrogens is 348 g/mol. The zero-order valence-electron chi connectivity index (χ0n) is 16.8. The number of hydrogen-bond acceptors (Lipinski definition) is 3. The maximum absolute atomic E-state index is 13.3. The van der Waals surface area contributed by atoms with E-state index in [0.717, 1.165) is 31.4 Å². The molecule has 0 saturated heterocycles. The fraction of sp³-hybridized carbons (Fsp3) is 0.458. The molecule has 1 aliphatic heterocycles. The predicted molar refractivity (Wildman–Crippen MR) is 111 cm³/mol. The summed E-state index contributed by atoms with van der Waals surface area (Å²) in [6.07, 6.45) is 3.92. The standard InChI is InChI=1S/C24H30N2O2/c1-16(2)14-26-15-19-12-20(27)11-10-18(19)13-23(26)24(28)25-22-9-5-7-17-6-3-4-8-21(17)22/h3-4,6,8,10-12,16,22-23,27H,5,7,9,13-15H2,1-2H3,(H,25,28)/t22-,23+/m1/s1. The summed E-state index contributed by atoms with van der Waals surface area (Å²) in [5.41, 5.74) is 4.94. The quantitative estimate of drug-likeness (QED) is 0.846. The first kappa shape index (κ1) is 19.0. The molecule has 1 aliphatic carbocycles. The van der Waals surface area contributed by atoms with Gasteiger partial charge in [-0.2, -0.15) is 0 Å². The van der Waals surface area contributed by atoms with Crippen molar-refractivity contribution in [2.45, 2.75) is 58.2 Å². The van der Waals surface area contributed by atoms with E-state index in [1.807, 2.05) is 12.1 Å². The average molecular weight is 379 g/mol. The van der Waals surface area contributed by atoms with Crippen LogP contribution in [0.15, 0.2) is 42.5 Å². The predicted octanol–water partition coefficient (Wildman–Crippen LogP) is 3.97. The first-order valence-corrected chi connectivity index (χ1v) is 10.4. The van der Waals surface area contributed by atoms with Crippen molar-refractivity contribution >= 4 is 5.91 Å². The molecule has 28 heavy (non-hydrogen) atoms. The van der Waals surface area contributed by atoms with Gasteiger partial charge in [-0.05, 0) is 66.0 Å². The normalized spacial score (nSPS) is 21.8. The van der Waals surface area contributed by atoms with Crippen LogP contribution in [0.2, 0.25) is 0 Å². The highest BCUT2D eigenvalue weighted by atomic mass is 16.3. The van der Waals surface area contributed by atoms with Gasteiger partial charge in [-0.25, -0.2) is 0 Å². The Morgan fingerprint density at radius 1 is 1.18 bits per heavy atom. The summed E-state index contributed by atoms with van der Waals surface area (Å²) in [6.45, 7) is 5.95. The first-order chi connectivity index (χ1) is 13.5. The van der Waals surface area contributed by atoms with Crippen LogP contribution < -0.4 is 5.32 Å². The molecule has 0 spiro atoms. The molecule has 1 amide bonds. The average Bonchev–Trinajstić information content (AvgIpc) is 2.67. The van der Waals surface area contributed by atoms with Crippen LogP contribution >= 0.6 is 0 Å². The highest BCUT2D eigenvalue weighted by Crippen LogP contribution is 2.31. The first-order valence-electron chi connectivity index (χ1n) is 10.4. The molecule has 4 heteroatoms. The lowest BCUT2D eigenvalue weighted by molar-refractivity contribution is -0.128. The number of carbonyl (C=O) groups is 1. The molecule has 2 N–H and O–H groups in total. The van der Waals surface area contributed by atoms with Crippen LogP contribution in [0.1, 0.15) is 55.0 Å². The summed E-state index contributed by atoms with van der Waals surface area (Å²) in [4.78, 5) is 15.6. The van der Waals surface area contributed by atoms with Gasteiger partial charge in [0.15, 0.2) is 0 Å². The minimum absolute atomic E-state index is 0.111. The van der Waals surface area contributed by atoms with E-state index >= 15 is 0 Å². The van der Waals surface area contributed by atoms with E-state index in [4.69, 9.17) is 0 Å². The lowest BCUT2D eigenvalue weighted by atomic mass is 9.87. The number of carbonyl (C=O) groups excluding carboxylic acids is 1. The van der Waals surface area contributed by atoms with Crippen LogP contribution in [-0.2, 0) is 24.2 Å². The summed E-state index contributed by atoms with van der Waals surface area (Å²) in [6, 6.07) is 14.0. The summed E-state index contributed by atoms with van der Waals surface area (Å²) in [7, 11) is 0. The molecule has 0 saturated carbocycles. The second kappa shape index (κ2) is 7.96. The van der Waals surface area contributed by atoms with Gasteiger partial charge in [0.05, 0.1) is 12.1 Å². The van der Waals surface area contributed by atoms with Crippen molar-refractivity contribution in [2.75, 3.05) is 6.54 Å². The Balaban J connectivity index is 1.56. The van der Waals surface area contributed by atoms with Gasteiger partial charge in [-0.3, -0.25) is 9.69 Å². The van der Waals surface area contributed by atoms with E-state index in [0.29, 0.717) is 24.6 Å². The maximum Gasteiger partial charge on any atom is 0.238 e. The number of fused-ring (bicyclic) bond motifs is 2. The summed E-state index contributed by atoms with van der Waals surface area (Å²) >= 11 is 0. The molecule has 1 heterocycles. The van der Waals surface area contributed by atoms with Crippen molar-refractivity contribution < 1.29 is 9.90 Å². The van der Waals surface area contributed by atoms with E-state index in [2.05, 4.69) is 48.3 Å². The van der Waals surface area contributed by atoms with Crippen molar-refractivity contribution in [3.63, 3.8) is 0 Å². The van der Waals surface area contributed by atoms with Crippen LogP contribution in [0, 0.1) is 5.92 Å². The smallest absolute Gasteiger partial charge is 0.238 e. The topological polar surface area (TPSA) is 52.6 Å². The monoisotopic (exact) mass is 378 g/mol. The molecule has 0 bridgehead atoms. The summed E-state index contributed by atoms with van der Waals surface area (Å²) in [5.74, 6) is 0.899. The second-order valence-corrected chi connectivity index (χ2v) is 8.65. The summed E-state index contributed by atoms with van der Waals surface area (Å²) < 4.78 is 0. The highest BCUT2D eigenvalue weighted by Gasteiger charge is 2.33. The highest BCUT2D eigenvalue weighted by molar-refractivity contribution is 5.83. The minimum Gasteiger partial charge on any atom is -0.508 e. The lowest BCUT2D eigenvalue weighted by Crippen LogP contribution is -2.52. The van der Waals surface area contributed by atoms with Crippen LogP contribution in [0.3, 0.4) is 0 Å². The third-order valence-electron chi connectivity index (χ3n) is 6.01. The Morgan fingerprint density at radius 3 is 2.82 bits per heavy atom.